The molecule has 0 saturated heterocycles. The second-order valence-electron chi connectivity index (χ2n) is 5.68. The van der Waals surface area contributed by atoms with Gasteiger partial charge in [-0.2, -0.15) is 5.10 Å². The molecule has 20 heavy (non-hydrogen) atoms. The summed E-state index contributed by atoms with van der Waals surface area (Å²) >= 11 is 3.65. The van der Waals surface area contributed by atoms with Gasteiger partial charge in [0.1, 0.15) is 0 Å². The molecule has 1 N–H and O–H groups in total. The zero-order valence-corrected chi connectivity index (χ0v) is 13.5. The third-order valence-electron chi connectivity index (χ3n) is 3.99. The van der Waals surface area contributed by atoms with Gasteiger partial charge in [-0.15, -0.1) is 0 Å². The van der Waals surface area contributed by atoms with Crippen molar-refractivity contribution < 1.29 is 0 Å². The van der Waals surface area contributed by atoms with Gasteiger partial charge in [0.15, 0.2) is 0 Å². The smallest absolute Gasteiger partial charge is 0.0635 e. The number of anilines is 1. The Morgan fingerprint density at radius 2 is 2.20 bits per heavy atom. The minimum Gasteiger partial charge on any atom is -0.385 e. The highest BCUT2D eigenvalue weighted by Gasteiger charge is 2.23. The van der Waals surface area contributed by atoms with E-state index in [1.807, 2.05) is 6.20 Å². The molecule has 106 valence electrons. The van der Waals surface area contributed by atoms with E-state index >= 15 is 0 Å². The average molecular weight is 334 g/mol. The van der Waals surface area contributed by atoms with E-state index in [2.05, 4.69) is 69.1 Å². The minimum atomic E-state index is 0.397. The lowest BCUT2D eigenvalue weighted by molar-refractivity contribution is 0.490. The lowest BCUT2D eigenvalue weighted by Gasteiger charge is -2.27. The van der Waals surface area contributed by atoms with Crippen molar-refractivity contribution in [1.29, 1.82) is 0 Å². The van der Waals surface area contributed by atoms with Crippen LogP contribution in [0.15, 0.2) is 34.9 Å². The molecular formula is C16H20BrN3. The maximum atomic E-state index is 4.49. The molecule has 3 rings (SSSR count). The lowest BCUT2D eigenvalue weighted by atomic mass is 9.87. The Morgan fingerprint density at radius 3 is 3.00 bits per heavy atom. The molecule has 1 aromatic heterocycles. The molecule has 0 saturated carbocycles. The van der Waals surface area contributed by atoms with Crippen molar-refractivity contribution in [1.82, 2.24) is 9.78 Å². The number of aromatic nitrogens is 2. The maximum Gasteiger partial charge on any atom is 0.0635 e. The molecule has 4 heteroatoms. The van der Waals surface area contributed by atoms with Gasteiger partial charge in [0.25, 0.3) is 0 Å². The van der Waals surface area contributed by atoms with Crippen molar-refractivity contribution >= 4 is 21.6 Å². The number of benzene rings is 1. The third kappa shape index (κ3) is 2.49. The fraction of sp³-hybridized carbons (Fsp3) is 0.438. The predicted molar refractivity (Wildman–Crippen MR) is 86.3 cm³/mol. The van der Waals surface area contributed by atoms with Crippen molar-refractivity contribution in [3.05, 3.63) is 46.2 Å². The molecule has 1 atom stereocenters. The average Bonchev–Trinajstić information content (AvgIpc) is 2.81. The van der Waals surface area contributed by atoms with E-state index in [-0.39, 0.29) is 0 Å². The molecule has 2 heterocycles. The van der Waals surface area contributed by atoms with Crippen LogP contribution in [-0.4, -0.2) is 16.3 Å². The largest absolute Gasteiger partial charge is 0.385 e. The third-order valence-corrected chi connectivity index (χ3v) is 4.65. The molecule has 1 aromatic carbocycles. The molecule has 0 amide bonds. The fourth-order valence-corrected chi connectivity index (χ4v) is 3.43. The summed E-state index contributed by atoms with van der Waals surface area (Å²) in [6, 6.07) is 9.05. The summed E-state index contributed by atoms with van der Waals surface area (Å²) in [5.74, 6) is 0.568. The molecule has 0 bridgehead atoms. The van der Waals surface area contributed by atoms with Crippen LogP contribution in [0.25, 0.3) is 0 Å². The first-order chi connectivity index (χ1) is 9.66. The Labute approximate surface area is 128 Å². The van der Waals surface area contributed by atoms with Crippen LogP contribution in [-0.2, 0) is 6.42 Å². The number of rotatable bonds is 3. The molecule has 0 radical (unpaired) electrons. The van der Waals surface area contributed by atoms with E-state index in [9.17, 15) is 0 Å². The molecule has 1 aliphatic heterocycles. The number of nitrogens with zero attached hydrogens (tertiary/aromatic N) is 2. The summed E-state index contributed by atoms with van der Waals surface area (Å²) < 4.78 is 3.26. The summed E-state index contributed by atoms with van der Waals surface area (Å²) in [6.45, 7) is 5.41. The van der Waals surface area contributed by atoms with Crippen LogP contribution >= 0.6 is 15.9 Å². The monoisotopic (exact) mass is 333 g/mol. The number of hydrogen-bond donors (Lipinski definition) is 1. The maximum absolute atomic E-state index is 4.49. The van der Waals surface area contributed by atoms with Gasteiger partial charge in [0, 0.05) is 18.3 Å². The van der Waals surface area contributed by atoms with Crippen LogP contribution < -0.4 is 5.32 Å². The highest BCUT2D eigenvalue weighted by Crippen LogP contribution is 2.35. The molecule has 0 fully saturated rings. The van der Waals surface area contributed by atoms with Gasteiger partial charge in [-0.05, 0) is 60.2 Å². The fourth-order valence-electron chi connectivity index (χ4n) is 3.00. The van der Waals surface area contributed by atoms with Crippen molar-refractivity contribution in [2.24, 2.45) is 0 Å². The summed E-state index contributed by atoms with van der Waals surface area (Å²) in [4.78, 5) is 0. The van der Waals surface area contributed by atoms with Crippen LogP contribution in [0.4, 0.5) is 5.69 Å². The van der Waals surface area contributed by atoms with Gasteiger partial charge < -0.3 is 5.32 Å². The second-order valence-corrected chi connectivity index (χ2v) is 6.54. The summed E-state index contributed by atoms with van der Waals surface area (Å²) in [6.07, 6.45) is 4.13. The zero-order valence-electron chi connectivity index (χ0n) is 11.9. The highest BCUT2D eigenvalue weighted by atomic mass is 79.9. The molecule has 1 unspecified atom stereocenters. The van der Waals surface area contributed by atoms with Gasteiger partial charge in [0.05, 0.1) is 16.4 Å². The number of fused-ring (bicyclic) bond motifs is 1. The van der Waals surface area contributed by atoms with E-state index < -0.39 is 0 Å². The highest BCUT2D eigenvalue weighted by molar-refractivity contribution is 9.10. The predicted octanol–water partition coefficient (Wildman–Crippen LogP) is 4.37. The van der Waals surface area contributed by atoms with Gasteiger partial charge >= 0.3 is 0 Å². The Kier molecular flexibility index (Phi) is 3.83. The normalized spacial score (nSPS) is 17.9. The van der Waals surface area contributed by atoms with E-state index in [0.29, 0.717) is 12.0 Å². The quantitative estimate of drug-likeness (QED) is 0.903. The van der Waals surface area contributed by atoms with Crippen LogP contribution in [0.3, 0.4) is 0 Å². The Bertz CT molecular complexity index is 604. The van der Waals surface area contributed by atoms with Gasteiger partial charge in [-0.3, -0.25) is 4.68 Å². The Balaban J connectivity index is 1.91. The second kappa shape index (κ2) is 5.60. The first-order valence-corrected chi connectivity index (χ1v) is 8.00. The van der Waals surface area contributed by atoms with Crippen LogP contribution in [0, 0.1) is 0 Å². The van der Waals surface area contributed by atoms with Gasteiger partial charge in [0.2, 0.25) is 0 Å². The molecule has 2 aromatic rings. The molecule has 3 nitrogen and oxygen atoms in total. The number of halogens is 1. The topological polar surface area (TPSA) is 29.9 Å². The van der Waals surface area contributed by atoms with Crippen molar-refractivity contribution in [3.63, 3.8) is 0 Å². The van der Waals surface area contributed by atoms with E-state index in [1.54, 1.807) is 0 Å². The van der Waals surface area contributed by atoms with Gasteiger partial charge in [-0.1, -0.05) is 18.2 Å². The Morgan fingerprint density at radius 1 is 1.40 bits per heavy atom. The molecule has 1 aliphatic rings. The lowest BCUT2D eigenvalue weighted by Crippen LogP contribution is -2.20. The molecular weight excluding hydrogens is 314 g/mol. The van der Waals surface area contributed by atoms with Crippen LogP contribution in [0.2, 0.25) is 0 Å². The first kappa shape index (κ1) is 13.7. The number of hydrogen-bond acceptors (Lipinski definition) is 2. The summed E-state index contributed by atoms with van der Waals surface area (Å²) in [5, 5.41) is 7.98. The number of nitrogens with one attached hydrogen (secondary N) is 1. The summed E-state index contributed by atoms with van der Waals surface area (Å²) in [5.41, 5.74) is 4.03. The van der Waals surface area contributed by atoms with Crippen LogP contribution in [0.5, 0.6) is 0 Å². The SMILES string of the molecule is CC(C)n1ncc(Br)c1CC1CCNc2ccccc21. The van der Waals surface area contributed by atoms with Crippen molar-refractivity contribution in [3.8, 4) is 0 Å². The first-order valence-electron chi connectivity index (χ1n) is 7.21. The zero-order chi connectivity index (χ0) is 14.1. The Hall–Kier alpha value is -1.29. The summed E-state index contributed by atoms with van der Waals surface area (Å²) in [7, 11) is 0. The minimum absolute atomic E-state index is 0.397. The van der Waals surface area contributed by atoms with Gasteiger partial charge in [-0.25, -0.2) is 0 Å². The molecule has 0 spiro atoms. The van der Waals surface area contributed by atoms with E-state index in [0.717, 1.165) is 17.4 Å². The van der Waals surface area contributed by atoms with Crippen molar-refractivity contribution in [2.75, 3.05) is 11.9 Å². The standard InChI is InChI=1S/C16H20BrN3/c1-11(2)20-16(14(17)10-19-20)9-12-7-8-18-15-6-4-3-5-13(12)15/h3-6,10-12,18H,7-9H2,1-2H3. The van der Waals surface area contributed by atoms with Crippen molar-refractivity contribution in [2.45, 2.75) is 38.6 Å². The molecule has 0 aliphatic carbocycles. The number of para-hydroxylation sites is 1. The van der Waals surface area contributed by atoms with E-state index in [1.165, 1.54) is 23.4 Å². The van der Waals surface area contributed by atoms with E-state index in [4.69, 9.17) is 0 Å². The van der Waals surface area contributed by atoms with Crippen LogP contribution in [0.1, 0.15) is 43.5 Å².